The molecule has 3 rings (SSSR count). The normalized spacial score (nSPS) is 11.0. The van der Waals surface area contributed by atoms with Crippen molar-refractivity contribution >= 4 is 5.97 Å². The highest BCUT2D eigenvalue weighted by Gasteiger charge is 2.13. The van der Waals surface area contributed by atoms with Crippen LogP contribution in [0, 0.1) is 0 Å². The second-order valence-corrected chi connectivity index (χ2v) is 7.22. The van der Waals surface area contributed by atoms with Crippen LogP contribution in [-0.4, -0.2) is 30.8 Å². The van der Waals surface area contributed by atoms with Crippen molar-refractivity contribution in [3.63, 3.8) is 0 Å². The van der Waals surface area contributed by atoms with Gasteiger partial charge in [0.05, 0.1) is 5.56 Å². The highest BCUT2D eigenvalue weighted by molar-refractivity contribution is 5.95. The van der Waals surface area contributed by atoms with Gasteiger partial charge in [-0.15, -0.1) is 0 Å². The summed E-state index contributed by atoms with van der Waals surface area (Å²) in [5.41, 5.74) is 2.88. The van der Waals surface area contributed by atoms with Crippen LogP contribution >= 0.6 is 0 Å². The maximum atomic E-state index is 11.4. The minimum atomic E-state index is -0.971. The van der Waals surface area contributed by atoms with Gasteiger partial charge in [-0.1, -0.05) is 51.0 Å². The summed E-state index contributed by atoms with van der Waals surface area (Å²) in [4.78, 5) is 20.2. The van der Waals surface area contributed by atoms with Crippen LogP contribution in [0.1, 0.15) is 67.1 Å². The summed E-state index contributed by atoms with van der Waals surface area (Å²) in [5.74, 6) is 0.950. The van der Waals surface area contributed by atoms with Crippen LogP contribution in [0.15, 0.2) is 42.7 Å². The fraction of sp³-hybridized carbons (Fsp3) is 0.391. The first kappa shape index (κ1) is 20.7. The van der Waals surface area contributed by atoms with Crippen molar-refractivity contribution in [2.75, 3.05) is 0 Å². The van der Waals surface area contributed by atoms with Crippen molar-refractivity contribution < 1.29 is 9.90 Å². The van der Waals surface area contributed by atoms with Crippen LogP contribution in [0.2, 0.25) is 0 Å². The maximum Gasteiger partial charge on any atom is 0.337 e. The number of rotatable bonds is 10. The summed E-state index contributed by atoms with van der Waals surface area (Å²) in [5, 5.41) is 14.1. The molecule has 0 spiro atoms. The van der Waals surface area contributed by atoms with Gasteiger partial charge in [-0.3, -0.25) is 4.98 Å². The Morgan fingerprint density at radius 2 is 1.83 bits per heavy atom. The zero-order valence-electron chi connectivity index (χ0n) is 17.1. The molecule has 0 fully saturated rings. The van der Waals surface area contributed by atoms with Crippen molar-refractivity contribution in [2.45, 2.75) is 58.9 Å². The van der Waals surface area contributed by atoms with Gasteiger partial charge in [-0.2, -0.15) is 5.10 Å². The Labute approximate surface area is 171 Å². The lowest BCUT2D eigenvalue weighted by atomic mass is 10.00. The average Bonchev–Trinajstić information content (AvgIpc) is 3.12. The Morgan fingerprint density at radius 3 is 2.52 bits per heavy atom. The first-order valence-electron chi connectivity index (χ1n) is 10.3. The van der Waals surface area contributed by atoms with E-state index in [0.29, 0.717) is 12.0 Å². The van der Waals surface area contributed by atoms with E-state index in [1.54, 1.807) is 12.3 Å². The lowest BCUT2D eigenvalue weighted by molar-refractivity contribution is 0.0697. The molecular formula is C23H28N4O2. The molecule has 0 saturated carbocycles. The maximum absolute atomic E-state index is 11.4. The third-order valence-corrected chi connectivity index (χ3v) is 4.95. The van der Waals surface area contributed by atoms with E-state index in [9.17, 15) is 9.90 Å². The van der Waals surface area contributed by atoms with Gasteiger partial charge in [0.1, 0.15) is 5.82 Å². The summed E-state index contributed by atoms with van der Waals surface area (Å²) in [6, 6.07) is 9.72. The molecule has 2 aromatic heterocycles. The molecule has 152 valence electrons. The molecule has 0 atom stereocenters. The SMILES string of the molecule is CCCCc1nc(Cc2ccc(-c3ccncc3C(=O)O)cc2)n(CCCC)n1. The van der Waals surface area contributed by atoms with E-state index in [2.05, 4.69) is 18.8 Å². The first-order chi connectivity index (χ1) is 14.1. The van der Waals surface area contributed by atoms with Crippen LogP contribution in [0.25, 0.3) is 11.1 Å². The number of aromatic nitrogens is 4. The lowest BCUT2D eigenvalue weighted by Crippen LogP contribution is -2.06. The number of aryl methyl sites for hydroxylation is 2. The number of carboxylic acids is 1. The number of unbranched alkanes of at least 4 members (excludes halogenated alkanes) is 2. The summed E-state index contributed by atoms with van der Waals surface area (Å²) >= 11 is 0. The van der Waals surface area contributed by atoms with Crippen LogP contribution in [-0.2, 0) is 19.4 Å². The van der Waals surface area contributed by atoms with Crippen molar-refractivity contribution in [3.8, 4) is 11.1 Å². The van der Waals surface area contributed by atoms with E-state index >= 15 is 0 Å². The molecule has 1 N–H and O–H groups in total. The van der Waals surface area contributed by atoms with Gasteiger partial charge in [-0.25, -0.2) is 14.5 Å². The number of carbonyl (C=O) groups is 1. The van der Waals surface area contributed by atoms with Crippen LogP contribution < -0.4 is 0 Å². The smallest absolute Gasteiger partial charge is 0.337 e. The number of carboxylic acid groups (broad SMARTS) is 1. The van der Waals surface area contributed by atoms with Crippen molar-refractivity contribution in [3.05, 3.63) is 65.5 Å². The van der Waals surface area contributed by atoms with E-state index in [1.165, 1.54) is 6.20 Å². The van der Waals surface area contributed by atoms with Gasteiger partial charge in [-0.05, 0) is 35.6 Å². The zero-order valence-corrected chi connectivity index (χ0v) is 17.1. The van der Waals surface area contributed by atoms with Gasteiger partial charge < -0.3 is 5.11 Å². The molecule has 2 heterocycles. The van der Waals surface area contributed by atoms with Crippen LogP contribution in [0.4, 0.5) is 0 Å². The molecular weight excluding hydrogens is 364 g/mol. The standard InChI is InChI=1S/C23H28N4O2/c1-3-5-7-21-25-22(27(26-21)14-6-4-2)15-17-8-10-18(11-9-17)19-12-13-24-16-20(19)23(28)29/h8-13,16H,3-7,14-15H2,1-2H3,(H,28,29). The largest absolute Gasteiger partial charge is 0.478 e. The van der Waals surface area contributed by atoms with E-state index in [4.69, 9.17) is 10.1 Å². The van der Waals surface area contributed by atoms with Gasteiger partial charge in [0.2, 0.25) is 0 Å². The molecule has 0 aliphatic carbocycles. The fourth-order valence-corrected chi connectivity index (χ4v) is 3.29. The molecule has 0 bridgehead atoms. The molecule has 0 aliphatic heterocycles. The number of pyridine rings is 1. The van der Waals surface area contributed by atoms with Gasteiger partial charge in [0.25, 0.3) is 0 Å². The monoisotopic (exact) mass is 392 g/mol. The molecule has 0 unspecified atom stereocenters. The quantitative estimate of drug-likeness (QED) is 0.537. The lowest BCUT2D eigenvalue weighted by Gasteiger charge is -2.08. The number of benzene rings is 1. The minimum absolute atomic E-state index is 0.208. The molecule has 0 radical (unpaired) electrons. The van der Waals surface area contributed by atoms with E-state index < -0.39 is 5.97 Å². The number of aromatic carboxylic acids is 1. The van der Waals surface area contributed by atoms with Gasteiger partial charge in [0, 0.05) is 31.8 Å². The van der Waals surface area contributed by atoms with E-state index in [1.807, 2.05) is 28.9 Å². The topological polar surface area (TPSA) is 80.9 Å². The van der Waals surface area contributed by atoms with E-state index in [0.717, 1.165) is 61.4 Å². The third-order valence-electron chi connectivity index (χ3n) is 4.95. The Balaban J connectivity index is 1.81. The molecule has 6 heteroatoms. The van der Waals surface area contributed by atoms with E-state index in [-0.39, 0.29) is 5.56 Å². The van der Waals surface area contributed by atoms with Crippen molar-refractivity contribution in [1.82, 2.24) is 19.7 Å². The zero-order chi connectivity index (χ0) is 20.6. The molecule has 3 aromatic rings. The predicted octanol–water partition coefficient (Wildman–Crippen LogP) is 4.77. The first-order valence-corrected chi connectivity index (χ1v) is 10.3. The molecule has 0 aliphatic rings. The number of hydrogen-bond acceptors (Lipinski definition) is 4. The number of hydrogen-bond donors (Lipinski definition) is 1. The Morgan fingerprint density at radius 1 is 1.07 bits per heavy atom. The van der Waals surface area contributed by atoms with Crippen molar-refractivity contribution in [2.24, 2.45) is 0 Å². The second kappa shape index (κ2) is 9.96. The van der Waals surface area contributed by atoms with Gasteiger partial charge >= 0.3 is 5.97 Å². The Hall–Kier alpha value is -3.02. The predicted molar refractivity (Wildman–Crippen MR) is 113 cm³/mol. The molecule has 29 heavy (non-hydrogen) atoms. The molecule has 0 amide bonds. The van der Waals surface area contributed by atoms with Gasteiger partial charge in [0.15, 0.2) is 5.82 Å². The van der Waals surface area contributed by atoms with Crippen LogP contribution in [0.5, 0.6) is 0 Å². The highest BCUT2D eigenvalue weighted by Crippen LogP contribution is 2.24. The molecule has 0 saturated heterocycles. The number of nitrogens with zero attached hydrogens (tertiary/aromatic N) is 4. The average molecular weight is 393 g/mol. The summed E-state index contributed by atoms with van der Waals surface area (Å²) < 4.78 is 2.05. The molecule has 1 aromatic carbocycles. The fourth-order valence-electron chi connectivity index (χ4n) is 3.29. The Bertz CT molecular complexity index is 948. The summed E-state index contributed by atoms with van der Waals surface area (Å²) in [7, 11) is 0. The highest BCUT2D eigenvalue weighted by atomic mass is 16.4. The summed E-state index contributed by atoms with van der Waals surface area (Å²) in [6.07, 6.45) is 9.08. The minimum Gasteiger partial charge on any atom is -0.478 e. The second-order valence-electron chi connectivity index (χ2n) is 7.22. The third kappa shape index (κ3) is 5.28. The van der Waals surface area contributed by atoms with Crippen molar-refractivity contribution in [1.29, 1.82) is 0 Å². The van der Waals surface area contributed by atoms with Crippen LogP contribution in [0.3, 0.4) is 0 Å². The molecule has 6 nitrogen and oxygen atoms in total. The summed E-state index contributed by atoms with van der Waals surface area (Å²) in [6.45, 7) is 5.24. The Kier molecular flexibility index (Phi) is 7.11.